The minimum Gasteiger partial charge on any atom is -0.504 e. The smallest absolute Gasteiger partial charge is 0.203 e. The zero-order chi connectivity index (χ0) is 19.6. The first-order valence-corrected chi connectivity index (χ1v) is 9.02. The predicted octanol–water partition coefficient (Wildman–Crippen LogP) is 3.29. The van der Waals surface area contributed by atoms with E-state index in [1.54, 1.807) is 20.3 Å². The Morgan fingerprint density at radius 3 is 2.41 bits per heavy atom. The number of nitrogens with zero attached hydrogens (tertiary/aromatic N) is 1. The standard InChI is InChI=1S/C21H27NO5/c1-22-8-7-14-11-19(25-2)17(23)12-15(14)16(22)6-5-13-9-18(24)21(27-4)20(10-13)26-3/h9-12,16,23-24H,5-8H2,1-4H3/t16-/m1/s1/i6+2. The number of phenols is 2. The molecule has 1 heterocycles. The minimum absolute atomic E-state index is 0.0756. The maximum Gasteiger partial charge on any atom is 0.203 e. The van der Waals surface area contributed by atoms with Gasteiger partial charge < -0.3 is 24.4 Å². The molecule has 146 valence electrons. The summed E-state index contributed by atoms with van der Waals surface area (Å²) in [6.07, 6.45) is 2.54. The van der Waals surface area contributed by atoms with Crippen molar-refractivity contribution in [2.75, 3.05) is 34.9 Å². The Balaban J connectivity index is 1.85. The van der Waals surface area contributed by atoms with Crippen molar-refractivity contribution in [3.63, 3.8) is 0 Å². The van der Waals surface area contributed by atoms with Gasteiger partial charge in [-0.25, -0.2) is 0 Å². The van der Waals surface area contributed by atoms with E-state index in [9.17, 15) is 10.2 Å². The fourth-order valence-corrected chi connectivity index (χ4v) is 3.83. The summed E-state index contributed by atoms with van der Waals surface area (Å²) in [6, 6.07) is 7.55. The number of hydrogen-bond donors (Lipinski definition) is 2. The van der Waals surface area contributed by atoms with Gasteiger partial charge in [0.1, 0.15) is 0 Å². The number of methoxy groups -OCH3 is 3. The molecule has 2 N–H and O–H groups in total. The molecule has 1 atom stereocenters. The Morgan fingerprint density at radius 2 is 1.74 bits per heavy atom. The summed E-state index contributed by atoms with van der Waals surface area (Å²) in [5.74, 6) is 1.62. The lowest BCUT2D eigenvalue weighted by molar-refractivity contribution is 0.218. The minimum atomic E-state index is 0.0756. The lowest BCUT2D eigenvalue weighted by atomic mass is 9.96. The van der Waals surface area contributed by atoms with Crippen molar-refractivity contribution in [1.82, 2.24) is 4.90 Å². The van der Waals surface area contributed by atoms with Gasteiger partial charge in [0.25, 0.3) is 0 Å². The SMILES string of the molecule is COc1cc2c(cc1O)[C@@H]([14CH2]Cc1cc(O)c(OC)c(OC)c1)N(C)CC2. The average molecular weight is 375 g/mol. The van der Waals surface area contributed by atoms with Gasteiger partial charge in [0, 0.05) is 12.6 Å². The van der Waals surface area contributed by atoms with E-state index < -0.39 is 0 Å². The van der Waals surface area contributed by atoms with Gasteiger partial charge in [-0.15, -0.1) is 0 Å². The first-order valence-electron chi connectivity index (χ1n) is 9.02. The molecule has 27 heavy (non-hydrogen) atoms. The van der Waals surface area contributed by atoms with Crippen LogP contribution >= 0.6 is 0 Å². The van der Waals surface area contributed by atoms with Crippen molar-refractivity contribution in [3.8, 4) is 28.7 Å². The van der Waals surface area contributed by atoms with Crippen molar-refractivity contribution < 1.29 is 24.4 Å². The summed E-state index contributed by atoms with van der Waals surface area (Å²) in [5.41, 5.74) is 3.32. The van der Waals surface area contributed by atoms with Crippen LogP contribution in [0.25, 0.3) is 0 Å². The van der Waals surface area contributed by atoms with Crippen LogP contribution in [0.4, 0.5) is 0 Å². The molecule has 3 rings (SSSR count). The second-order valence-electron chi connectivity index (χ2n) is 6.86. The van der Waals surface area contributed by atoms with Gasteiger partial charge in [-0.2, -0.15) is 0 Å². The van der Waals surface area contributed by atoms with E-state index in [-0.39, 0.29) is 17.5 Å². The van der Waals surface area contributed by atoms with Crippen LogP contribution in [0.1, 0.15) is 29.2 Å². The molecule has 6 heteroatoms. The summed E-state index contributed by atoms with van der Waals surface area (Å²) < 4.78 is 15.8. The molecule has 0 aromatic heterocycles. The van der Waals surface area contributed by atoms with Crippen LogP contribution in [0, 0.1) is 0 Å². The second-order valence-corrected chi connectivity index (χ2v) is 6.86. The molecule has 1 aliphatic rings. The molecule has 2 aromatic rings. The Labute approximate surface area is 159 Å². The largest absolute Gasteiger partial charge is 0.504 e. The van der Waals surface area contributed by atoms with Gasteiger partial charge in [0.05, 0.1) is 21.3 Å². The van der Waals surface area contributed by atoms with Crippen molar-refractivity contribution in [3.05, 3.63) is 41.0 Å². The average Bonchev–Trinajstić information content (AvgIpc) is 2.66. The molecule has 0 amide bonds. The molecule has 0 bridgehead atoms. The maximum absolute atomic E-state index is 10.2. The molecule has 1 aliphatic heterocycles. The zero-order valence-corrected chi connectivity index (χ0v) is 16.3. The molecule has 0 saturated carbocycles. The maximum atomic E-state index is 10.2. The number of ether oxygens (including phenoxy) is 3. The fraction of sp³-hybridized carbons (Fsp3) is 0.429. The highest BCUT2D eigenvalue weighted by molar-refractivity contribution is 5.53. The van der Waals surface area contributed by atoms with Crippen LogP contribution < -0.4 is 14.2 Å². The number of fused-ring (bicyclic) bond motifs is 1. The van der Waals surface area contributed by atoms with E-state index in [1.807, 2.05) is 18.2 Å². The molecule has 0 fully saturated rings. The Hall–Kier alpha value is -2.60. The van der Waals surface area contributed by atoms with Crippen LogP contribution in [0.2, 0.25) is 0 Å². The number of likely N-dealkylation sites (N-methyl/N-ethyl adjacent to an activating group) is 1. The van der Waals surface area contributed by atoms with E-state index in [4.69, 9.17) is 14.2 Å². The molecule has 0 spiro atoms. The number of hydrogen-bond acceptors (Lipinski definition) is 6. The molecule has 2 aromatic carbocycles. The summed E-state index contributed by atoms with van der Waals surface area (Å²) in [7, 11) is 6.73. The van der Waals surface area contributed by atoms with Crippen molar-refractivity contribution in [2.45, 2.75) is 25.3 Å². The quantitative estimate of drug-likeness (QED) is 0.807. The highest BCUT2D eigenvalue weighted by Gasteiger charge is 2.26. The van der Waals surface area contributed by atoms with Gasteiger partial charge in [-0.05, 0) is 67.3 Å². The van der Waals surface area contributed by atoms with Gasteiger partial charge in [0.2, 0.25) is 5.75 Å². The third kappa shape index (κ3) is 3.76. The van der Waals surface area contributed by atoms with Gasteiger partial charge >= 0.3 is 0 Å². The fourth-order valence-electron chi connectivity index (χ4n) is 3.83. The van der Waals surface area contributed by atoms with Crippen molar-refractivity contribution in [2.24, 2.45) is 0 Å². The summed E-state index contributed by atoms with van der Waals surface area (Å²) in [6.45, 7) is 0.947. The van der Waals surface area contributed by atoms with Crippen LogP contribution in [-0.4, -0.2) is 50.0 Å². The van der Waals surface area contributed by atoms with Crippen LogP contribution in [-0.2, 0) is 12.8 Å². The van der Waals surface area contributed by atoms with E-state index >= 15 is 0 Å². The third-order valence-electron chi connectivity index (χ3n) is 5.29. The van der Waals surface area contributed by atoms with Gasteiger partial charge in [0.15, 0.2) is 23.0 Å². The first-order chi connectivity index (χ1) is 13.0. The van der Waals surface area contributed by atoms with Crippen LogP contribution in [0.15, 0.2) is 24.3 Å². The summed E-state index contributed by atoms with van der Waals surface area (Å²) in [4.78, 5) is 2.30. The molecule has 6 nitrogen and oxygen atoms in total. The number of phenolic OH excluding ortho intramolecular Hbond substituents is 2. The highest BCUT2D eigenvalue weighted by atomic mass is 16.5. The monoisotopic (exact) mass is 375 g/mol. The predicted molar refractivity (Wildman–Crippen MR) is 103 cm³/mol. The zero-order valence-electron chi connectivity index (χ0n) is 16.3. The third-order valence-corrected chi connectivity index (χ3v) is 5.29. The Kier molecular flexibility index (Phi) is 5.65. The Bertz CT molecular complexity index is 821. The summed E-state index contributed by atoms with van der Waals surface area (Å²) in [5, 5.41) is 20.4. The molecular weight excluding hydrogens is 348 g/mol. The lowest BCUT2D eigenvalue weighted by Gasteiger charge is -2.35. The van der Waals surface area contributed by atoms with Crippen LogP contribution in [0.3, 0.4) is 0 Å². The molecular formula is C21H27NO5. The molecule has 0 aliphatic carbocycles. The van der Waals surface area contributed by atoms with E-state index in [0.717, 1.165) is 36.9 Å². The van der Waals surface area contributed by atoms with Crippen molar-refractivity contribution >= 4 is 0 Å². The molecule has 0 radical (unpaired) electrons. The van der Waals surface area contributed by atoms with Gasteiger partial charge in [-0.3, -0.25) is 4.90 Å². The normalized spacial score (nSPS) is 16.7. The Morgan fingerprint density at radius 1 is 1.00 bits per heavy atom. The lowest BCUT2D eigenvalue weighted by Crippen LogP contribution is -2.32. The molecule has 0 unspecified atom stereocenters. The topological polar surface area (TPSA) is 71.4 Å². The van der Waals surface area contributed by atoms with Crippen LogP contribution in [0.5, 0.6) is 28.7 Å². The summed E-state index contributed by atoms with van der Waals surface area (Å²) >= 11 is 0. The van der Waals surface area contributed by atoms with Crippen molar-refractivity contribution in [1.29, 1.82) is 0 Å². The van der Waals surface area contributed by atoms with Gasteiger partial charge in [-0.1, -0.05) is 0 Å². The van der Waals surface area contributed by atoms with E-state index in [0.29, 0.717) is 17.2 Å². The first kappa shape index (κ1) is 19.2. The number of aromatic hydroxyl groups is 2. The number of aryl methyl sites for hydroxylation is 1. The van der Waals surface area contributed by atoms with E-state index in [1.165, 1.54) is 12.7 Å². The highest BCUT2D eigenvalue weighted by Crippen LogP contribution is 2.41. The number of rotatable bonds is 6. The van der Waals surface area contributed by atoms with E-state index in [2.05, 4.69) is 11.9 Å². The number of benzene rings is 2. The second kappa shape index (κ2) is 7.96. The molecule has 0 saturated heterocycles.